The van der Waals surface area contributed by atoms with E-state index in [0.717, 1.165) is 27.8 Å². The Kier molecular flexibility index (Phi) is 4.76. The van der Waals surface area contributed by atoms with Crippen molar-refractivity contribution in [3.63, 3.8) is 0 Å². The lowest BCUT2D eigenvalue weighted by Crippen LogP contribution is -2.05. The van der Waals surface area contributed by atoms with Crippen molar-refractivity contribution in [1.82, 2.24) is 0 Å². The van der Waals surface area contributed by atoms with Gasteiger partial charge in [-0.15, -0.1) is 0 Å². The van der Waals surface area contributed by atoms with Gasteiger partial charge in [0.05, 0.1) is 0 Å². The minimum atomic E-state index is -0.272. The van der Waals surface area contributed by atoms with Crippen LogP contribution in [0.15, 0.2) is 30.3 Å². The summed E-state index contributed by atoms with van der Waals surface area (Å²) in [5.41, 5.74) is 4.34. The molecule has 0 N–H and O–H groups in total. The third-order valence-corrected chi connectivity index (χ3v) is 3.99. The number of hydrogen-bond acceptors (Lipinski definition) is 0. The number of hydrogen-bond donors (Lipinski definition) is 0. The molecule has 0 amide bonds. The first-order valence-electron chi connectivity index (χ1n) is 7.59. The van der Waals surface area contributed by atoms with Gasteiger partial charge in [-0.05, 0) is 58.7 Å². The van der Waals surface area contributed by atoms with E-state index in [4.69, 9.17) is 0 Å². The number of benzene rings is 2. The summed E-state index contributed by atoms with van der Waals surface area (Å²) >= 11 is 0. The predicted molar refractivity (Wildman–Crippen MR) is 84.6 cm³/mol. The molecule has 0 atom stereocenters. The van der Waals surface area contributed by atoms with Crippen molar-refractivity contribution in [2.75, 3.05) is 0 Å². The molecule has 0 fully saturated rings. The van der Waals surface area contributed by atoms with E-state index in [9.17, 15) is 8.78 Å². The molecule has 0 saturated carbocycles. The van der Waals surface area contributed by atoms with Gasteiger partial charge in [-0.2, -0.15) is 0 Å². The fraction of sp³-hybridized carbons (Fsp3) is 0.368. The van der Waals surface area contributed by atoms with Crippen LogP contribution in [0.1, 0.15) is 50.3 Å². The Morgan fingerprint density at radius 1 is 0.905 bits per heavy atom. The monoisotopic (exact) mass is 288 g/mol. The summed E-state index contributed by atoms with van der Waals surface area (Å²) in [5, 5.41) is 0. The van der Waals surface area contributed by atoms with Crippen LogP contribution in [0.3, 0.4) is 0 Å². The third-order valence-electron chi connectivity index (χ3n) is 3.99. The van der Waals surface area contributed by atoms with Crippen molar-refractivity contribution in [2.45, 2.75) is 46.5 Å². The quantitative estimate of drug-likeness (QED) is 0.659. The normalized spacial score (nSPS) is 11.2. The molecule has 0 unspecified atom stereocenters. The molecule has 0 nitrogen and oxygen atoms in total. The van der Waals surface area contributed by atoms with E-state index in [0.29, 0.717) is 12.8 Å². The fourth-order valence-corrected chi connectivity index (χ4v) is 2.86. The summed E-state index contributed by atoms with van der Waals surface area (Å²) in [5.74, 6) is -0.100. The molecule has 0 aliphatic carbocycles. The van der Waals surface area contributed by atoms with Gasteiger partial charge in [0.25, 0.3) is 0 Å². The molecule has 112 valence electrons. The molecule has 0 bridgehead atoms. The van der Waals surface area contributed by atoms with E-state index in [1.807, 2.05) is 13.8 Å². The highest BCUT2D eigenvalue weighted by Gasteiger charge is 2.18. The van der Waals surface area contributed by atoms with Gasteiger partial charge in [-0.25, -0.2) is 8.78 Å². The zero-order valence-electron chi connectivity index (χ0n) is 13.1. The second kappa shape index (κ2) is 6.38. The van der Waals surface area contributed by atoms with Gasteiger partial charge in [0.1, 0.15) is 11.6 Å². The lowest BCUT2D eigenvalue weighted by Gasteiger charge is -2.19. The van der Waals surface area contributed by atoms with E-state index < -0.39 is 0 Å². The predicted octanol–water partition coefficient (Wildman–Crippen LogP) is 5.88. The Labute approximate surface area is 125 Å². The van der Waals surface area contributed by atoms with Crippen LogP contribution in [-0.4, -0.2) is 0 Å². The van der Waals surface area contributed by atoms with Crippen molar-refractivity contribution in [3.8, 4) is 11.1 Å². The number of rotatable bonds is 4. The van der Waals surface area contributed by atoms with Crippen molar-refractivity contribution in [1.29, 1.82) is 0 Å². The minimum Gasteiger partial charge on any atom is -0.207 e. The minimum absolute atomic E-state index is 0.0921. The number of halogens is 2. The van der Waals surface area contributed by atoms with E-state index in [2.05, 4.69) is 19.9 Å². The zero-order valence-corrected chi connectivity index (χ0v) is 13.1. The summed E-state index contributed by atoms with van der Waals surface area (Å²) < 4.78 is 28.0. The largest absolute Gasteiger partial charge is 0.207 e. The molecule has 2 aromatic rings. The van der Waals surface area contributed by atoms with Crippen molar-refractivity contribution < 1.29 is 8.78 Å². The third kappa shape index (κ3) is 2.99. The molecule has 2 heteroatoms. The van der Waals surface area contributed by atoms with Crippen LogP contribution in [-0.2, 0) is 12.8 Å². The second-order valence-corrected chi connectivity index (χ2v) is 5.65. The highest BCUT2D eigenvalue weighted by atomic mass is 19.1. The second-order valence-electron chi connectivity index (χ2n) is 5.65. The van der Waals surface area contributed by atoms with Crippen LogP contribution in [0.4, 0.5) is 8.78 Å². The zero-order chi connectivity index (χ0) is 15.6. The Morgan fingerprint density at radius 2 is 1.48 bits per heavy atom. The Balaban J connectivity index is 2.72. The van der Waals surface area contributed by atoms with Crippen LogP contribution >= 0.6 is 0 Å². The van der Waals surface area contributed by atoms with E-state index in [1.165, 1.54) is 12.1 Å². The van der Waals surface area contributed by atoms with E-state index in [-0.39, 0.29) is 17.6 Å². The van der Waals surface area contributed by atoms with Crippen LogP contribution in [0, 0.1) is 11.6 Å². The summed E-state index contributed by atoms with van der Waals surface area (Å²) in [4.78, 5) is 0. The maximum absolute atomic E-state index is 14.8. The molecule has 0 saturated heterocycles. The Hall–Kier alpha value is -1.70. The standard InChI is InChI=1S/C19H22F2/c1-5-15-17(12(3)4)11-18(16(6-2)19(15)21)13-7-9-14(20)10-8-13/h7-12H,5-6H2,1-4H3. The molecule has 0 aliphatic heterocycles. The highest BCUT2D eigenvalue weighted by Crippen LogP contribution is 2.34. The summed E-state index contributed by atoms with van der Waals surface area (Å²) in [6.07, 6.45) is 1.32. The van der Waals surface area contributed by atoms with Gasteiger partial charge in [-0.3, -0.25) is 0 Å². The highest BCUT2D eigenvalue weighted by molar-refractivity contribution is 5.69. The van der Waals surface area contributed by atoms with Crippen LogP contribution in [0.5, 0.6) is 0 Å². The van der Waals surface area contributed by atoms with Gasteiger partial charge < -0.3 is 0 Å². The molecule has 0 aromatic heterocycles. The lowest BCUT2D eigenvalue weighted by atomic mass is 9.87. The molecule has 0 aliphatic rings. The summed E-state index contributed by atoms with van der Waals surface area (Å²) in [6.45, 7) is 8.10. The molecular formula is C19H22F2. The SMILES string of the molecule is CCc1c(-c2ccc(F)cc2)cc(C(C)C)c(CC)c1F. The molecular weight excluding hydrogens is 266 g/mol. The van der Waals surface area contributed by atoms with Gasteiger partial charge in [0.15, 0.2) is 0 Å². The Morgan fingerprint density at radius 3 is 1.95 bits per heavy atom. The van der Waals surface area contributed by atoms with Gasteiger partial charge in [-0.1, -0.05) is 45.9 Å². The van der Waals surface area contributed by atoms with Crippen LogP contribution < -0.4 is 0 Å². The molecule has 0 radical (unpaired) electrons. The summed E-state index contributed by atoms with van der Waals surface area (Å²) in [7, 11) is 0. The lowest BCUT2D eigenvalue weighted by molar-refractivity contribution is 0.591. The molecule has 21 heavy (non-hydrogen) atoms. The molecule has 2 aromatic carbocycles. The Bertz CT molecular complexity index is 625. The first kappa shape index (κ1) is 15.7. The molecule has 2 rings (SSSR count). The van der Waals surface area contributed by atoms with Gasteiger partial charge in [0, 0.05) is 0 Å². The van der Waals surface area contributed by atoms with Crippen LogP contribution in [0.2, 0.25) is 0 Å². The molecule has 0 spiro atoms. The van der Waals surface area contributed by atoms with E-state index in [1.54, 1.807) is 12.1 Å². The van der Waals surface area contributed by atoms with E-state index >= 15 is 0 Å². The van der Waals surface area contributed by atoms with Gasteiger partial charge in [0.2, 0.25) is 0 Å². The van der Waals surface area contributed by atoms with Crippen LogP contribution in [0.25, 0.3) is 11.1 Å². The van der Waals surface area contributed by atoms with Crippen molar-refractivity contribution >= 4 is 0 Å². The summed E-state index contributed by atoms with van der Waals surface area (Å²) in [6, 6.07) is 8.38. The average molecular weight is 288 g/mol. The molecule has 0 heterocycles. The maximum atomic E-state index is 14.8. The average Bonchev–Trinajstić information content (AvgIpc) is 2.47. The topological polar surface area (TPSA) is 0 Å². The first-order valence-corrected chi connectivity index (χ1v) is 7.59. The van der Waals surface area contributed by atoms with Crippen molar-refractivity contribution in [3.05, 3.63) is 58.7 Å². The maximum Gasteiger partial charge on any atom is 0.130 e. The fourth-order valence-electron chi connectivity index (χ4n) is 2.86. The van der Waals surface area contributed by atoms with Gasteiger partial charge >= 0.3 is 0 Å². The van der Waals surface area contributed by atoms with Crippen molar-refractivity contribution in [2.24, 2.45) is 0 Å². The first-order chi connectivity index (χ1) is 9.99. The smallest absolute Gasteiger partial charge is 0.130 e.